The van der Waals surface area contributed by atoms with E-state index in [1.165, 1.54) is 5.56 Å². The van der Waals surface area contributed by atoms with E-state index in [1.807, 2.05) is 55.5 Å². The SMILES string of the molecule is Cc1ccc(NC(=O)N[C@@H]2CCN(Cc3noc(-c4ccccc4)n3)C2)cc1C. The second kappa shape index (κ2) is 8.45. The first-order valence-corrected chi connectivity index (χ1v) is 9.82. The van der Waals surface area contributed by atoms with Crippen LogP contribution in [0.2, 0.25) is 0 Å². The Bertz CT molecular complexity index is 986. The first-order valence-electron chi connectivity index (χ1n) is 9.82. The fourth-order valence-electron chi connectivity index (χ4n) is 3.48. The van der Waals surface area contributed by atoms with Gasteiger partial charge in [0.2, 0.25) is 0 Å². The molecule has 150 valence electrons. The lowest BCUT2D eigenvalue weighted by molar-refractivity contribution is 0.247. The van der Waals surface area contributed by atoms with Crippen molar-refractivity contribution < 1.29 is 9.32 Å². The van der Waals surface area contributed by atoms with Crippen LogP contribution in [0, 0.1) is 13.8 Å². The molecule has 3 aromatic rings. The van der Waals surface area contributed by atoms with Crippen LogP contribution < -0.4 is 10.6 Å². The molecule has 0 unspecified atom stereocenters. The molecule has 1 saturated heterocycles. The summed E-state index contributed by atoms with van der Waals surface area (Å²) in [4.78, 5) is 19.0. The van der Waals surface area contributed by atoms with Crippen LogP contribution in [0.5, 0.6) is 0 Å². The van der Waals surface area contributed by atoms with Gasteiger partial charge in [-0.1, -0.05) is 29.4 Å². The molecule has 0 radical (unpaired) electrons. The van der Waals surface area contributed by atoms with Gasteiger partial charge in [0.05, 0.1) is 6.54 Å². The predicted molar refractivity (Wildman–Crippen MR) is 111 cm³/mol. The van der Waals surface area contributed by atoms with Crippen LogP contribution in [-0.4, -0.2) is 40.2 Å². The van der Waals surface area contributed by atoms with Crippen molar-refractivity contribution >= 4 is 11.7 Å². The number of hydrogen-bond donors (Lipinski definition) is 2. The number of hydrogen-bond acceptors (Lipinski definition) is 5. The van der Waals surface area contributed by atoms with E-state index < -0.39 is 0 Å². The molecule has 1 fully saturated rings. The number of amides is 2. The normalized spacial score (nSPS) is 16.7. The molecule has 4 rings (SSSR count). The lowest BCUT2D eigenvalue weighted by atomic mass is 10.1. The third-order valence-electron chi connectivity index (χ3n) is 5.23. The highest BCUT2D eigenvalue weighted by Crippen LogP contribution is 2.18. The van der Waals surface area contributed by atoms with Gasteiger partial charge in [0.15, 0.2) is 5.82 Å². The van der Waals surface area contributed by atoms with Crippen molar-refractivity contribution in [3.63, 3.8) is 0 Å². The highest BCUT2D eigenvalue weighted by Gasteiger charge is 2.25. The number of carbonyl (C=O) groups excluding carboxylic acids is 1. The first kappa shape index (κ1) is 19.1. The number of carbonyl (C=O) groups is 1. The zero-order chi connectivity index (χ0) is 20.2. The molecule has 1 aromatic heterocycles. The van der Waals surface area contributed by atoms with Crippen molar-refractivity contribution in [1.29, 1.82) is 0 Å². The van der Waals surface area contributed by atoms with Crippen molar-refractivity contribution in [3.8, 4) is 11.5 Å². The third-order valence-corrected chi connectivity index (χ3v) is 5.23. The Morgan fingerprint density at radius 2 is 2.00 bits per heavy atom. The van der Waals surface area contributed by atoms with Crippen molar-refractivity contribution in [2.75, 3.05) is 18.4 Å². The average molecular weight is 391 g/mol. The van der Waals surface area contributed by atoms with Crippen LogP contribution in [0.4, 0.5) is 10.5 Å². The first-order chi connectivity index (χ1) is 14.1. The monoisotopic (exact) mass is 391 g/mol. The Morgan fingerprint density at radius 1 is 1.17 bits per heavy atom. The van der Waals surface area contributed by atoms with Gasteiger partial charge >= 0.3 is 6.03 Å². The Balaban J connectivity index is 1.27. The number of anilines is 1. The van der Waals surface area contributed by atoms with Crippen molar-refractivity contribution in [2.45, 2.75) is 32.9 Å². The standard InChI is InChI=1S/C22H25N5O2/c1-15-8-9-18(12-16(15)2)23-22(28)24-19-10-11-27(13-19)14-20-25-21(29-26-20)17-6-4-3-5-7-17/h3-9,12,19H,10-11,13-14H2,1-2H3,(H2,23,24,28)/t19-/m1/s1. The molecule has 2 aromatic carbocycles. The molecule has 1 aliphatic rings. The number of aryl methyl sites for hydroxylation is 2. The van der Waals surface area contributed by atoms with Gasteiger partial charge in [-0.2, -0.15) is 4.98 Å². The highest BCUT2D eigenvalue weighted by atomic mass is 16.5. The van der Waals surface area contributed by atoms with Crippen LogP contribution in [0.15, 0.2) is 53.1 Å². The molecule has 29 heavy (non-hydrogen) atoms. The Hall–Kier alpha value is -3.19. The number of nitrogens with zero attached hydrogens (tertiary/aromatic N) is 3. The van der Waals surface area contributed by atoms with E-state index >= 15 is 0 Å². The number of nitrogens with one attached hydrogen (secondary N) is 2. The summed E-state index contributed by atoms with van der Waals surface area (Å²) in [6.45, 7) is 6.33. The molecule has 0 bridgehead atoms. The molecular weight excluding hydrogens is 366 g/mol. The van der Waals surface area contributed by atoms with Gasteiger partial charge in [0.25, 0.3) is 5.89 Å². The minimum Gasteiger partial charge on any atom is -0.334 e. The minimum atomic E-state index is -0.175. The number of urea groups is 1. The molecule has 0 spiro atoms. The summed E-state index contributed by atoms with van der Waals surface area (Å²) in [7, 11) is 0. The van der Waals surface area contributed by atoms with E-state index in [0.717, 1.165) is 36.3 Å². The van der Waals surface area contributed by atoms with Crippen LogP contribution in [0.1, 0.15) is 23.4 Å². The molecule has 0 aliphatic carbocycles. The largest absolute Gasteiger partial charge is 0.334 e. The predicted octanol–water partition coefficient (Wildman–Crippen LogP) is 3.75. The second-order valence-electron chi connectivity index (χ2n) is 7.50. The van der Waals surface area contributed by atoms with E-state index in [1.54, 1.807) is 0 Å². The molecule has 1 aliphatic heterocycles. The number of likely N-dealkylation sites (tertiary alicyclic amines) is 1. The van der Waals surface area contributed by atoms with Crippen LogP contribution >= 0.6 is 0 Å². The summed E-state index contributed by atoms with van der Waals surface area (Å²) in [6.07, 6.45) is 0.893. The maximum atomic E-state index is 12.3. The van der Waals surface area contributed by atoms with Gasteiger partial charge in [-0.05, 0) is 55.7 Å². The number of benzene rings is 2. The van der Waals surface area contributed by atoms with E-state index in [-0.39, 0.29) is 12.1 Å². The van der Waals surface area contributed by atoms with Gasteiger partial charge in [-0.15, -0.1) is 0 Å². The Labute approximate surface area is 170 Å². The van der Waals surface area contributed by atoms with Gasteiger partial charge in [-0.25, -0.2) is 4.79 Å². The molecule has 2 amide bonds. The van der Waals surface area contributed by atoms with Gasteiger partial charge in [0, 0.05) is 30.4 Å². The molecule has 7 heteroatoms. The smallest absolute Gasteiger partial charge is 0.319 e. The molecule has 1 atom stereocenters. The lowest BCUT2D eigenvalue weighted by Gasteiger charge is -2.16. The summed E-state index contributed by atoms with van der Waals surface area (Å²) < 4.78 is 5.37. The van der Waals surface area contributed by atoms with Crippen LogP contribution in [0.25, 0.3) is 11.5 Å². The van der Waals surface area contributed by atoms with E-state index in [0.29, 0.717) is 18.3 Å². The summed E-state index contributed by atoms with van der Waals surface area (Å²) in [5.74, 6) is 1.19. The number of aromatic nitrogens is 2. The number of rotatable bonds is 5. The van der Waals surface area contributed by atoms with E-state index in [9.17, 15) is 4.79 Å². The average Bonchev–Trinajstić information content (AvgIpc) is 3.35. The fraction of sp³-hybridized carbons (Fsp3) is 0.318. The zero-order valence-electron chi connectivity index (χ0n) is 16.7. The maximum absolute atomic E-state index is 12.3. The van der Waals surface area contributed by atoms with Crippen LogP contribution in [-0.2, 0) is 6.54 Å². The minimum absolute atomic E-state index is 0.0991. The fourth-order valence-corrected chi connectivity index (χ4v) is 3.48. The lowest BCUT2D eigenvalue weighted by Crippen LogP contribution is -2.39. The van der Waals surface area contributed by atoms with Crippen LogP contribution in [0.3, 0.4) is 0 Å². The molecule has 2 N–H and O–H groups in total. The second-order valence-corrected chi connectivity index (χ2v) is 7.50. The summed E-state index contributed by atoms with van der Waals surface area (Å²) >= 11 is 0. The topological polar surface area (TPSA) is 83.3 Å². The third kappa shape index (κ3) is 4.81. The molecule has 2 heterocycles. The Kier molecular flexibility index (Phi) is 5.57. The van der Waals surface area contributed by atoms with E-state index in [2.05, 4.69) is 32.6 Å². The zero-order valence-corrected chi connectivity index (χ0v) is 16.7. The molecule has 0 saturated carbocycles. The van der Waals surface area contributed by atoms with Crippen molar-refractivity contribution in [3.05, 3.63) is 65.5 Å². The Morgan fingerprint density at radius 3 is 2.79 bits per heavy atom. The maximum Gasteiger partial charge on any atom is 0.319 e. The van der Waals surface area contributed by atoms with Gasteiger partial charge < -0.3 is 15.2 Å². The summed E-state index contributed by atoms with van der Waals surface area (Å²) in [5.41, 5.74) is 4.08. The molecule has 7 nitrogen and oxygen atoms in total. The van der Waals surface area contributed by atoms with Crippen molar-refractivity contribution in [2.24, 2.45) is 0 Å². The van der Waals surface area contributed by atoms with Crippen molar-refractivity contribution in [1.82, 2.24) is 20.4 Å². The molecular formula is C22H25N5O2. The van der Waals surface area contributed by atoms with Gasteiger partial charge in [-0.3, -0.25) is 4.90 Å². The van der Waals surface area contributed by atoms with Gasteiger partial charge in [0.1, 0.15) is 0 Å². The summed E-state index contributed by atoms with van der Waals surface area (Å²) in [6, 6.07) is 15.6. The van der Waals surface area contributed by atoms with E-state index in [4.69, 9.17) is 4.52 Å². The highest BCUT2D eigenvalue weighted by molar-refractivity contribution is 5.89. The quantitative estimate of drug-likeness (QED) is 0.692. The summed E-state index contributed by atoms with van der Waals surface area (Å²) in [5, 5.41) is 10.1.